The van der Waals surface area contributed by atoms with E-state index in [4.69, 9.17) is 0 Å². The fourth-order valence-electron chi connectivity index (χ4n) is 2.04. The number of hydrogen-bond acceptors (Lipinski definition) is 1. The van der Waals surface area contributed by atoms with Gasteiger partial charge in [-0.1, -0.05) is 25.7 Å². The van der Waals surface area contributed by atoms with Gasteiger partial charge >= 0.3 is 0 Å². The zero-order valence-electron chi connectivity index (χ0n) is 11.9. The number of aliphatic hydroxyl groups is 1. The maximum Gasteiger partial charge on any atom is 0.129 e. The Hall–Kier alpha value is -0.523. The van der Waals surface area contributed by atoms with Crippen molar-refractivity contribution in [1.29, 1.82) is 0 Å². The molecule has 0 spiro atoms. The average Bonchev–Trinajstić information content (AvgIpc) is 2.26. The quantitative estimate of drug-likeness (QED) is 0.449. The van der Waals surface area contributed by atoms with Crippen LogP contribution in [0.5, 0.6) is 0 Å². The fourth-order valence-corrected chi connectivity index (χ4v) is 2.69. The molecule has 2 atom stereocenters. The molecule has 1 nitrogen and oxygen atoms in total. The zero-order valence-corrected chi connectivity index (χ0v) is 12.9. The van der Waals surface area contributed by atoms with Crippen molar-refractivity contribution < 1.29 is 5.11 Å². The topological polar surface area (TPSA) is 20.2 Å². The minimum absolute atomic E-state index is 0.0265. The highest BCUT2D eigenvalue weighted by Crippen LogP contribution is 2.32. The van der Waals surface area contributed by atoms with Crippen LogP contribution in [0, 0.1) is 17.4 Å². The third kappa shape index (κ3) is 4.33. The molecular formula is C15H26OSi. The summed E-state index contributed by atoms with van der Waals surface area (Å²) in [4.78, 5) is 0. The lowest BCUT2D eigenvalue weighted by atomic mass is 9.79. The molecule has 0 aromatic carbocycles. The molecule has 0 aliphatic heterocycles. The normalized spacial score (nSPS) is 21.9. The largest absolute Gasteiger partial charge is 0.385 e. The predicted molar refractivity (Wildman–Crippen MR) is 77.5 cm³/mol. The molecule has 0 fully saturated rings. The summed E-state index contributed by atoms with van der Waals surface area (Å²) in [5.74, 6) is 3.31. The first-order valence-corrected chi connectivity index (χ1v) is 10.2. The van der Waals surface area contributed by atoms with Crippen LogP contribution in [-0.2, 0) is 0 Å². The van der Waals surface area contributed by atoms with E-state index in [0.29, 0.717) is 0 Å². The van der Waals surface area contributed by atoms with Crippen LogP contribution in [0.15, 0.2) is 11.6 Å². The molecule has 0 aromatic rings. The van der Waals surface area contributed by atoms with E-state index in [2.05, 4.69) is 37.2 Å². The van der Waals surface area contributed by atoms with E-state index < -0.39 is 13.7 Å². The maximum absolute atomic E-state index is 10.6. The summed E-state index contributed by atoms with van der Waals surface area (Å²) in [6, 6.07) is 0. The molecule has 0 saturated carbocycles. The summed E-state index contributed by atoms with van der Waals surface area (Å²) in [6.07, 6.45) is 6.83. The third-order valence-electron chi connectivity index (χ3n) is 3.45. The Balaban J connectivity index is 2.81. The number of allylic oxidation sites excluding steroid dienone is 1. The number of rotatable bonds is 2. The lowest BCUT2D eigenvalue weighted by molar-refractivity contribution is 0.0604. The fraction of sp³-hybridized carbons (Fsp3) is 0.733. The first kappa shape index (κ1) is 14.5. The van der Waals surface area contributed by atoms with Crippen LogP contribution in [-0.4, -0.2) is 18.8 Å². The van der Waals surface area contributed by atoms with Crippen LogP contribution in [0.1, 0.15) is 39.5 Å². The van der Waals surface area contributed by atoms with E-state index in [1.165, 1.54) is 18.4 Å². The Bertz CT molecular complexity index is 349. The minimum atomic E-state index is -1.34. The molecule has 0 bridgehead atoms. The Morgan fingerprint density at radius 3 is 2.47 bits per heavy atom. The van der Waals surface area contributed by atoms with Gasteiger partial charge in [0.15, 0.2) is 0 Å². The van der Waals surface area contributed by atoms with E-state index in [1.54, 1.807) is 0 Å². The Kier molecular flexibility index (Phi) is 4.63. The molecular weight excluding hydrogens is 224 g/mol. The molecule has 0 radical (unpaired) electrons. The van der Waals surface area contributed by atoms with E-state index in [-0.39, 0.29) is 5.92 Å². The summed E-state index contributed by atoms with van der Waals surface area (Å²) in [5, 5.41) is 10.6. The Morgan fingerprint density at radius 2 is 2.00 bits per heavy atom. The maximum atomic E-state index is 10.6. The van der Waals surface area contributed by atoms with Gasteiger partial charge in [0, 0.05) is 5.92 Å². The highest BCUT2D eigenvalue weighted by Gasteiger charge is 2.32. The van der Waals surface area contributed by atoms with Gasteiger partial charge in [-0.25, -0.2) is 0 Å². The second-order valence-corrected chi connectivity index (χ2v) is 11.1. The molecule has 1 aliphatic rings. The highest BCUT2D eigenvalue weighted by molar-refractivity contribution is 6.83. The van der Waals surface area contributed by atoms with Crippen molar-refractivity contribution in [2.24, 2.45) is 5.92 Å². The molecule has 1 aliphatic carbocycles. The van der Waals surface area contributed by atoms with Crippen molar-refractivity contribution in [2.45, 2.75) is 64.8 Å². The molecule has 17 heavy (non-hydrogen) atoms. The standard InChI is InChI=1S/C15H26OSi/c1-13(11-12-17(3,4)5)15(2,16)14-9-7-6-8-10-14/h9,13,16H,6-8,10H2,1-5H3/t13-,15+/m1/s1. The first-order valence-electron chi connectivity index (χ1n) is 6.68. The molecule has 96 valence electrons. The van der Waals surface area contributed by atoms with Gasteiger partial charge in [0.25, 0.3) is 0 Å². The molecule has 0 heterocycles. The summed E-state index contributed by atoms with van der Waals surface area (Å²) < 4.78 is 0. The van der Waals surface area contributed by atoms with Crippen LogP contribution in [0.2, 0.25) is 19.6 Å². The lowest BCUT2D eigenvalue weighted by Gasteiger charge is -2.32. The van der Waals surface area contributed by atoms with Crippen LogP contribution in [0.4, 0.5) is 0 Å². The molecule has 0 amide bonds. The van der Waals surface area contributed by atoms with Crippen molar-refractivity contribution in [3.05, 3.63) is 11.6 Å². The smallest absolute Gasteiger partial charge is 0.129 e. The van der Waals surface area contributed by atoms with Crippen molar-refractivity contribution >= 4 is 8.07 Å². The summed E-state index contributed by atoms with van der Waals surface area (Å²) in [6.45, 7) is 10.7. The van der Waals surface area contributed by atoms with Crippen LogP contribution < -0.4 is 0 Å². The Morgan fingerprint density at radius 1 is 1.35 bits per heavy atom. The van der Waals surface area contributed by atoms with E-state index >= 15 is 0 Å². The molecule has 1 rings (SSSR count). The van der Waals surface area contributed by atoms with E-state index in [0.717, 1.165) is 12.8 Å². The highest BCUT2D eigenvalue weighted by atomic mass is 28.3. The Labute approximate surface area is 107 Å². The van der Waals surface area contributed by atoms with Gasteiger partial charge in [0.05, 0.1) is 5.60 Å². The third-order valence-corrected chi connectivity index (χ3v) is 4.34. The average molecular weight is 250 g/mol. The SMILES string of the molecule is C[C@H](C#C[Si](C)(C)C)[C@](C)(O)C1=CCCCC1. The second-order valence-electron chi connectivity index (χ2n) is 6.36. The lowest BCUT2D eigenvalue weighted by Crippen LogP contribution is -2.35. The minimum Gasteiger partial charge on any atom is -0.385 e. The molecule has 2 heteroatoms. The predicted octanol–water partition coefficient (Wildman–Crippen LogP) is 3.75. The van der Waals surface area contributed by atoms with Crippen LogP contribution in [0.25, 0.3) is 0 Å². The van der Waals surface area contributed by atoms with Gasteiger partial charge in [-0.05, 0) is 45.1 Å². The van der Waals surface area contributed by atoms with Gasteiger partial charge in [-0.15, -0.1) is 11.5 Å². The van der Waals surface area contributed by atoms with Gasteiger partial charge in [0.2, 0.25) is 0 Å². The number of hydrogen-bond donors (Lipinski definition) is 1. The monoisotopic (exact) mass is 250 g/mol. The van der Waals surface area contributed by atoms with Crippen molar-refractivity contribution in [3.63, 3.8) is 0 Å². The molecule has 0 saturated heterocycles. The van der Waals surface area contributed by atoms with Gasteiger partial charge in [-0.3, -0.25) is 0 Å². The van der Waals surface area contributed by atoms with E-state index in [1.807, 2.05) is 13.8 Å². The molecule has 0 unspecified atom stereocenters. The summed E-state index contributed by atoms with van der Waals surface area (Å²) in [7, 11) is -1.34. The summed E-state index contributed by atoms with van der Waals surface area (Å²) >= 11 is 0. The van der Waals surface area contributed by atoms with Gasteiger partial charge in [-0.2, -0.15) is 0 Å². The van der Waals surface area contributed by atoms with Crippen LogP contribution in [0.3, 0.4) is 0 Å². The van der Waals surface area contributed by atoms with Crippen molar-refractivity contribution in [3.8, 4) is 11.5 Å². The van der Waals surface area contributed by atoms with Crippen LogP contribution >= 0.6 is 0 Å². The molecule has 1 N–H and O–H groups in total. The first-order chi connectivity index (χ1) is 7.73. The van der Waals surface area contributed by atoms with Gasteiger partial charge < -0.3 is 5.11 Å². The van der Waals surface area contributed by atoms with Gasteiger partial charge in [0.1, 0.15) is 8.07 Å². The van der Waals surface area contributed by atoms with Crippen molar-refractivity contribution in [1.82, 2.24) is 0 Å². The zero-order chi connectivity index (χ0) is 13.1. The second kappa shape index (κ2) is 5.41. The van der Waals surface area contributed by atoms with E-state index in [9.17, 15) is 5.11 Å². The van der Waals surface area contributed by atoms with Crippen molar-refractivity contribution in [2.75, 3.05) is 0 Å². The summed E-state index contributed by atoms with van der Waals surface area (Å²) in [5.41, 5.74) is 3.82. The molecule has 0 aromatic heterocycles.